The van der Waals surface area contributed by atoms with Crippen molar-refractivity contribution in [2.75, 3.05) is 14.1 Å². The number of carbonyl (C=O) groups is 3. The number of cyclic esters (lactones) is 1. The topological polar surface area (TPSA) is 186 Å². The largest absolute Gasteiger partial charge is 0.462 e. The van der Waals surface area contributed by atoms with Crippen LogP contribution in [-0.4, -0.2) is 121 Å². The van der Waals surface area contributed by atoms with Crippen molar-refractivity contribution in [3.63, 3.8) is 0 Å². The Morgan fingerprint density at radius 3 is 2.52 bits per heavy atom. The van der Waals surface area contributed by atoms with Gasteiger partial charge < -0.3 is 39.2 Å². The molecule has 2 aromatic rings. The van der Waals surface area contributed by atoms with Crippen LogP contribution in [-0.2, 0) is 35.1 Å². The minimum absolute atomic E-state index is 0.00505. The van der Waals surface area contributed by atoms with E-state index in [1.54, 1.807) is 69.1 Å². The number of aliphatic hydroxyl groups is 3. The lowest BCUT2D eigenvalue weighted by molar-refractivity contribution is -0.304. The summed E-state index contributed by atoms with van der Waals surface area (Å²) in [5.74, 6) is -3.02. The number of ketones is 1. The van der Waals surface area contributed by atoms with Gasteiger partial charge in [0.05, 0.1) is 49.6 Å². The lowest BCUT2D eigenvalue weighted by atomic mass is 9.79. The lowest BCUT2D eigenvalue weighted by Crippen LogP contribution is -2.63. The Bertz CT molecular complexity index is 1530. The molecule has 1 fully saturated rings. The summed E-state index contributed by atoms with van der Waals surface area (Å²) in [6, 6.07) is 2.98. The van der Waals surface area contributed by atoms with Crippen LogP contribution in [0.4, 0.5) is 0 Å². The highest BCUT2D eigenvalue weighted by molar-refractivity contribution is 5.91. The van der Waals surface area contributed by atoms with Crippen LogP contribution >= 0.6 is 0 Å². The van der Waals surface area contributed by atoms with Crippen LogP contribution in [0.3, 0.4) is 0 Å². The van der Waals surface area contributed by atoms with Gasteiger partial charge in [0, 0.05) is 42.1 Å². The number of nitrogens with zero attached hydrogens (tertiary/aromatic N) is 5. The molecule has 0 radical (unpaired) electrons. The Hall–Kier alpha value is -3.66. The maximum Gasteiger partial charge on any atom is 0.308 e. The van der Waals surface area contributed by atoms with Gasteiger partial charge in [0.2, 0.25) is 0 Å². The molecule has 3 N–H and O–H groups in total. The number of hydrogen-bond acceptors (Lipinski definition) is 13. The first kappa shape index (κ1) is 41.1. The molecule has 0 saturated carbocycles. The highest BCUT2D eigenvalue weighted by atomic mass is 16.7. The molecular weight excluding hydrogens is 670 g/mol. The minimum atomic E-state index is -1.28. The molecule has 3 unspecified atom stereocenters. The van der Waals surface area contributed by atoms with E-state index in [-0.39, 0.29) is 31.0 Å². The van der Waals surface area contributed by atoms with Crippen molar-refractivity contribution in [2.45, 2.75) is 116 Å². The van der Waals surface area contributed by atoms with E-state index in [2.05, 4.69) is 15.3 Å². The first-order chi connectivity index (χ1) is 24.7. The number of pyridine rings is 1. The predicted octanol–water partition coefficient (Wildman–Crippen LogP) is 2.76. The van der Waals surface area contributed by atoms with Crippen molar-refractivity contribution < 1.29 is 43.9 Å². The zero-order valence-corrected chi connectivity index (χ0v) is 31.2. The molecule has 2 aromatic heterocycles. The fourth-order valence-electron chi connectivity index (χ4n) is 7.18. The van der Waals surface area contributed by atoms with Crippen molar-refractivity contribution in [3.8, 4) is 11.3 Å². The van der Waals surface area contributed by atoms with E-state index in [0.29, 0.717) is 18.7 Å². The zero-order valence-electron chi connectivity index (χ0n) is 31.2. The van der Waals surface area contributed by atoms with Crippen LogP contribution in [0.15, 0.2) is 54.5 Å². The van der Waals surface area contributed by atoms with E-state index < -0.39 is 72.7 Å². The number of esters is 1. The van der Waals surface area contributed by atoms with Crippen molar-refractivity contribution in [3.05, 3.63) is 54.5 Å². The molecule has 2 aliphatic heterocycles. The predicted molar refractivity (Wildman–Crippen MR) is 191 cm³/mol. The molecule has 0 amide bonds. The molecule has 0 aliphatic carbocycles. The summed E-state index contributed by atoms with van der Waals surface area (Å²) in [7, 11) is 3.45. The second-order valence-corrected chi connectivity index (χ2v) is 14.5. The molecule has 4 heterocycles. The van der Waals surface area contributed by atoms with Crippen LogP contribution in [0, 0.1) is 23.7 Å². The van der Waals surface area contributed by atoms with E-state index in [9.17, 15) is 29.7 Å². The van der Waals surface area contributed by atoms with Crippen LogP contribution in [0.2, 0.25) is 0 Å². The van der Waals surface area contributed by atoms with Gasteiger partial charge in [-0.1, -0.05) is 43.7 Å². The molecule has 14 heteroatoms. The standard InChI is InChI=1S/C38H55N5O9/c1-8-32-28(20-43-21-29(40-41-43)27-10-9-14-39-19-27)16-22(2)11-12-30(45)23(3)17-26(13-15-44)37(24(4)31(46)18-33(47)51-32)52-38-36(49)34(42(6)7)35(48)25(5)50-38/h9-12,14-16,19,21,23-26,28,31-32,34-38,46,48-49H,8,13,17-18,20H2,1-7H3/b12-11+,22-16+/t23-,24+,25+,26+,28-,31-,32-,34?,35?,36?,37-,38+/m1/s1. The van der Waals surface area contributed by atoms with Gasteiger partial charge in [0.15, 0.2) is 12.1 Å². The number of rotatable bonds is 9. The molecule has 52 heavy (non-hydrogen) atoms. The molecular formula is C38H55N5O9. The van der Waals surface area contributed by atoms with Crippen LogP contribution < -0.4 is 0 Å². The van der Waals surface area contributed by atoms with E-state index in [4.69, 9.17) is 14.2 Å². The average molecular weight is 726 g/mol. The SMILES string of the molecule is CC[C@H]1OC(=O)C[C@@H](O)[C@H](C)[C@@H](O[C@@H]2O[C@@H](C)C(O)C(N(C)C)C2O)[C@@H](CC=O)C[C@@H](C)C(=O)/C=C/C(C)=C/[C@@H]1Cn1cc(-c2cccnc2)nn1. The minimum Gasteiger partial charge on any atom is -0.462 e. The van der Waals surface area contributed by atoms with Gasteiger partial charge in [-0.3, -0.25) is 19.3 Å². The summed E-state index contributed by atoms with van der Waals surface area (Å²) in [5.41, 5.74) is 2.22. The third-order valence-electron chi connectivity index (χ3n) is 10.2. The van der Waals surface area contributed by atoms with E-state index >= 15 is 0 Å². The first-order valence-corrected chi connectivity index (χ1v) is 18.1. The number of allylic oxidation sites excluding steroid dienone is 3. The van der Waals surface area contributed by atoms with Gasteiger partial charge in [-0.25, -0.2) is 0 Å². The monoisotopic (exact) mass is 725 g/mol. The number of aromatic nitrogens is 4. The van der Waals surface area contributed by atoms with Gasteiger partial charge >= 0.3 is 5.97 Å². The van der Waals surface area contributed by atoms with Crippen molar-refractivity contribution in [1.29, 1.82) is 0 Å². The molecule has 286 valence electrons. The van der Waals surface area contributed by atoms with Crippen LogP contribution in [0.25, 0.3) is 11.3 Å². The molecule has 0 spiro atoms. The quantitative estimate of drug-likeness (QED) is 0.253. The number of ether oxygens (including phenoxy) is 3. The maximum absolute atomic E-state index is 13.5. The van der Waals surface area contributed by atoms with Crippen molar-refractivity contribution in [2.24, 2.45) is 23.7 Å². The molecule has 1 saturated heterocycles. The number of aldehydes is 1. The highest BCUT2D eigenvalue weighted by Gasteiger charge is 2.47. The summed E-state index contributed by atoms with van der Waals surface area (Å²) >= 11 is 0. The first-order valence-electron chi connectivity index (χ1n) is 18.1. The summed E-state index contributed by atoms with van der Waals surface area (Å²) in [6.07, 6.45) is 4.37. The van der Waals surface area contributed by atoms with Gasteiger partial charge in [0.1, 0.15) is 24.2 Å². The maximum atomic E-state index is 13.5. The van der Waals surface area contributed by atoms with Gasteiger partial charge in [-0.05, 0) is 64.9 Å². The fourth-order valence-corrected chi connectivity index (χ4v) is 7.18. The van der Waals surface area contributed by atoms with E-state index in [0.717, 1.165) is 17.4 Å². The van der Waals surface area contributed by atoms with E-state index in [1.807, 2.05) is 32.1 Å². The van der Waals surface area contributed by atoms with Crippen LogP contribution in [0.5, 0.6) is 0 Å². The average Bonchev–Trinajstić information content (AvgIpc) is 3.58. The molecule has 0 bridgehead atoms. The second kappa shape index (κ2) is 18.9. The van der Waals surface area contributed by atoms with Crippen molar-refractivity contribution in [1.82, 2.24) is 24.9 Å². The van der Waals surface area contributed by atoms with Crippen LogP contribution in [0.1, 0.15) is 60.3 Å². The van der Waals surface area contributed by atoms with Gasteiger partial charge in [0.25, 0.3) is 0 Å². The second-order valence-electron chi connectivity index (χ2n) is 14.5. The molecule has 0 aromatic carbocycles. The summed E-state index contributed by atoms with van der Waals surface area (Å²) in [6.45, 7) is 9.22. The third kappa shape index (κ3) is 10.5. The number of carbonyl (C=O) groups excluding carboxylic acids is 3. The van der Waals surface area contributed by atoms with Crippen molar-refractivity contribution >= 4 is 18.0 Å². The molecule has 14 nitrogen and oxygen atoms in total. The highest BCUT2D eigenvalue weighted by Crippen LogP contribution is 2.34. The lowest BCUT2D eigenvalue weighted by Gasteiger charge is -2.46. The Balaban J connectivity index is 1.66. The molecule has 2 aliphatic rings. The fraction of sp³-hybridized carbons (Fsp3) is 0.632. The number of hydrogen-bond donors (Lipinski definition) is 3. The third-order valence-corrected chi connectivity index (χ3v) is 10.2. The normalized spacial score (nSPS) is 35.8. The molecule has 4 rings (SSSR count). The smallest absolute Gasteiger partial charge is 0.308 e. The summed E-state index contributed by atoms with van der Waals surface area (Å²) in [4.78, 5) is 44.9. The number of likely N-dealkylation sites (N-methyl/N-ethyl adjacent to an activating group) is 1. The molecule has 12 atom stereocenters. The zero-order chi connectivity index (χ0) is 38.1. The van der Waals surface area contributed by atoms with Gasteiger partial charge in [-0.15, -0.1) is 5.10 Å². The van der Waals surface area contributed by atoms with Gasteiger partial charge in [-0.2, -0.15) is 0 Å². The Labute approximate surface area is 305 Å². The Morgan fingerprint density at radius 2 is 1.87 bits per heavy atom. The van der Waals surface area contributed by atoms with E-state index in [1.165, 1.54) is 6.08 Å². The summed E-state index contributed by atoms with van der Waals surface area (Å²) < 4.78 is 20.1. The Kier molecular flexibility index (Phi) is 14.9. The summed E-state index contributed by atoms with van der Waals surface area (Å²) in [5, 5.41) is 42.2. The Morgan fingerprint density at radius 1 is 1.12 bits per heavy atom. The number of aliphatic hydroxyl groups excluding tert-OH is 3.